The van der Waals surface area contributed by atoms with E-state index >= 15 is 0 Å². The molecule has 2 fully saturated rings. The van der Waals surface area contributed by atoms with E-state index in [1.54, 1.807) is 6.20 Å². The number of hydrogen-bond donors (Lipinski definition) is 0. The fraction of sp³-hybridized carbons (Fsp3) is 0.545. The molecule has 0 N–H and O–H groups in total. The molecule has 2 aromatic rings. The summed E-state index contributed by atoms with van der Waals surface area (Å²) >= 11 is 6.22. The molecule has 0 aliphatic carbocycles. The zero-order valence-corrected chi connectivity index (χ0v) is 17.8. The molecular weight excluding hydrogens is 388 g/mol. The lowest BCUT2D eigenvalue weighted by Gasteiger charge is -2.42. The van der Waals surface area contributed by atoms with Gasteiger partial charge in [-0.2, -0.15) is 0 Å². The Bertz CT molecular complexity index is 832. The molecule has 2 aliphatic heterocycles. The first-order valence-corrected chi connectivity index (χ1v) is 10.9. The van der Waals surface area contributed by atoms with Crippen molar-refractivity contribution < 1.29 is 9.21 Å². The summed E-state index contributed by atoms with van der Waals surface area (Å²) in [7, 11) is 2.20. The summed E-state index contributed by atoms with van der Waals surface area (Å²) in [6, 6.07) is 8.17. The van der Waals surface area contributed by atoms with Crippen molar-refractivity contribution in [3.63, 3.8) is 0 Å². The van der Waals surface area contributed by atoms with Crippen LogP contribution in [0.15, 0.2) is 34.9 Å². The van der Waals surface area contributed by atoms with E-state index in [-0.39, 0.29) is 5.91 Å². The first-order valence-electron chi connectivity index (χ1n) is 10.5. The molecule has 1 atom stereocenters. The number of hydrogen-bond acceptors (Lipinski definition) is 5. The Morgan fingerprint density at radius 2 is 2.00 bits per heavy atom. The number of benzene rings is 1. The van der Waals surface area contributed by atoms with E-state index in [4.69, 9.17) is 16.0 Å². The standard InChI is InChI=1S/C22H29ClN4O2/c1-25-10-4-5-17(16-25)26-11-13-27(14-12-26)22(28)9-8-21-24-15-20(29-21)18-6-2-3-7-19(18)23/h2-3,6-7,15,17H,4-5,8-14,16H2,1H3. The Hall–Kier alpha value is -1.89. The van der Waals surface area contributed by atoms with Gasteiger partial charge in [0.05, 0.1) is 11.2 Å². The normalized spacial score (nSPS) is 21.4. The lowest BCUT2D eigenvalue weighted by molar-refractivity contribution is -0.133. The van der Waals surface area contributed by atoms with E-state index in [0.717, 1.165) is 38.3 Å². The molecule has 0 bridgehead atoms. The molecule has 29 heavy (non-hydrogen) atoms. The fourth-order valence-corrected chi connectivity index (χ4v) is 4.59. The van der Waals surface area contributed by atoms with Gasteiger partial charge in [0, 0.05) is 57.2 Å². The van der Waals surface area contributed by atoms with Gasteiger partial charge in [0.2, 0.25) is 5.91 Å². The van der Waals surface area contributed by atoms with Crippen LogP contribution in [0.5, 0.6) is 0 Å². The van der Waals surface area contributed by atoms with E-state index < -0.39 is 0 Å². The highest BCUT2D eigenvalue weighted by atomic mass is 35.5. The zero-order chi connectivity index (χ0) is 20.2. The molecule has 0 spiro atoms. The van der Waals surface area contributed by atoms with Gasteiger partial charge in [-0.15, -0.1) is 0 Å². The monoisotopic (exact) mass is 416 g/mol. The molecule has 7 heteroatoms. The summed E-state index contributed by atoms with van der Waals surface area (Å²) in [5.41, 5.74) is 0.823. The lowest BCUT2D eigenvalue weighted by Crippen LogP contribution is -2.55. The highest BCUT2D eigenvalue weighted by molar-refractivity contribution is 6.33. The second kappa shape index (κ2) is 9.28. The number of aryl methyl sites for hydroxylation is 1. The lowest BCUT2D eigenvalue weighted by atomic mass is 10.0. The molecule has 1 unspecified atom stereocenters. The van der Waals surface area contributed by atoms with Gasteiger partial charge in [-0.05, 0) is 38.6 Å². The predicted molar refractivity (Wildman–Crippen MR) is 114 cm³/mol. The number of amides is 1. The summed E-state index contributed by atoms with van der Waals surface area (Å²) in [6.07, 6.45) is 5.16. The van der Waals surface area contributed by atoms with Crippen molar-refractivity contribution in [1.29, 1.82) is 0 Å². The van der Waals surface area contributed by atoms with Gasteiger partial charge in [0.15, 0.2) is 11.7 Å². The van der Waals surface area contributed by atoms with Gasteiger partial charge in [-0.3, -0.25) is 9.69 Å². The molecule has 6 nitrogen and oxygen atoms in total. The van der Waals surface area contributed by atoms with Crippen LogP contribution < -0.4 is 0 Å². The van der Waals surface area contributed by atoms with Crippen molar-refractivity contribution in [2.24, 2.45) is 0 Å². The number of piperidine rings is 1. The van der Waals surface area contributed by atoms with E-state index in [9.17, 15) is 4.79 Å². The van der Waals surface area contributed by atoms with Crippen molar-refractivity contribution in [1.82, 2.24) is 19.7 Å². The minimum absolute atomic E-state index is 0.183. The van der Waals surface area contributed by atoms with E-state index in [1.807, 2.05) is 29.2 Å². The second-order valence-corrected chi connectivity index (χ2v) is 8.48. The molecule has 0 radical (unpaired) electrons. The Labute approximate surface area is 177 Å². The number of oxazole rings is 1. The van der Waals surface area contributed by atoms with Gasteiger partial charge in [0.25, 0.3) is 0 Å². The molecule has 1 aromatic carbocycles. The van der Waals surface area contributed by atoms with Crippen LogP contribution in [0.2, 0.25) is 5.02 Å². The van der Waals surface area contributed by atoms with Crippen molar-refractivity contribution >= 4 is 17.5 Å². The summed E-state index contributed by atoms with van der Waals surface area (Å²) in [4.78, 5) is 23.9. The quantitative estimate of drug-likeness (QED) is 0.749. The summed E-state index contributed by atoms with van der Waals surface area (Å²) < 4.78 is 5.82. The molecule has 2 saturated heterocycles. The highest BCUT2D eigenvalue weighted by Gasteiger charge is 2.28. The number of nitrogens with zero attached hydrogens (tertiary/aromatic N) is 4. The molecule has 0 saturated carbocycles. The Balaban J connectivity index is 1.25. The number of aromatic nitrogens is 1. The molecule has 1 aromatic heterocycles. The van der Waals surface area contributed by atoms with Gasteiger partial charge < -0.3 is 14.2 Å². The number of halogens is 1. The number of likely N-dealkylation sites (tertiary alicyclic amines) is 1. The number of carbonyl (C=O) groups is 1. The maximum atomic E-state index is 12.6. The van der Waals surface area contributed by atoms with Crippen molar-refractivity contribution in [2.75, 3.05) is 46.3 Å². The Kier molecular flexibility index (Phi) is 6.53. The smallest absolute Gasteiger partial charge is 0.223 e. The van der Waals surface area contributed by atoms with E-state index in [2.05, 4.69) is 21.8 Å². The number of carbonyl (C=O) groups excluding carboxylic acids is 1. The van der Waals surface area contributed by atoms with Crippen molar-refractivity contribution in [2.45, 2.75) is 31.7 Å². The molecule has 156 valence electrons. The Morgan fingerprint density at radius 1 is 1.21 bits per heavy atom. The summed E-state index contributed by atoms with van der Waals surface area (Å²) in [5.74, 6) is 1.41. The SMILES string of the molecule is CN1CCCC(N2CCN(C(=O)CCc3ncc(-c4ccccc4Cl)o3)CC2)C1. The maximum Gasteiger partial charge on any atom is 0.223 e. The maximum absolute atomic E-state index is 12.6. The largest absolute Gasteiger partial charge is 0.441 e. The zero-order valence-electron chi connectivity index (χ0n) is 17.0. The first kappa shape index (κ1) is 20.4. The minimum Gasteiger partial charge on any atom is -0.441 e. The molecule has 1 amide bonds. The highest BCUT2D eigenvalue weighted by Crippen LogP contribution is 2.28. The summed E-state index contributed by atoms with van der Waals surface area (Å²) in [5, 5.41) is 0.633. The van der Waals surface area contributed by atoms with Crippen LogP contribution >= 0.6 is 11.6 Å². The van der Waals surface area contributed by atoms with Crippen LogP contribution in [-0.2, 0) is 11.2 Å². The van der Waals surface area contributed by atoms with Crippen molar-refractivity contribution in [3.8, 4) is 11.3 Å². The van der Waals surface area contributed by atoms with Gasteiger partial charge in [-0.25, -0.2) is 4.98 Å². The van der Waals surface area contributed by atoms with Crippen LogP contribution in [0.25, 0.3) is 11.3 Å². The molecule has 2 aliphatic rings. The number of likely N-dealkylation sites (N-methyl/N-ethyl adjacent to an activating group) is 1. The van der Waals surface area contributed by atoms with E-state index in [1.165, 1.54) is 19.4 Å². The average molecular weight is 417 g/mol. The minimum atomic E-state index is 0.183. The third kappa shape index (κ3) is 5.00. The van der Waals surface area contributed by atoms with Gasteiger partial charge >= 0.3 is 0 Å². The van der Waals surface area contributed by atoms with Crippen molar-refractivity contribution in [3.05, 3.63) is 41.4 Å². The second-order valence-electron chi connectivity index (χ2n) is 8.07. The van der Waals surface area contributed by atoms with Crippen LogP contribution in [0.4, 0.5) is 0 Å². The number of piperazine rings is 1. The molecule has 4 rings (SSSR count). The predicted octanol–water partition coefficient (Wildman–Crippen LogP) is 3.17. The van der Waals surface area contributed by atoms with Crippen LogP contribution in [0.3, 0.4) is 0 Å². The Morgan fingerprint density at radius 3 is 2.76 bits per heavy atom. The third-order valence-corrected chi connectivity index (χ3v) is 6.36. The average Bonchev–Trinajstić information content (AvgIpc) is 3.21. The van der Waals surface area contributed by atoms with Gasteiger partial charge in [-0.1, -0.05) is 23.7 Å². The van der Waals surface area contributed by atoms with Gasteiger partial charge in [0.1, 0.15) is 0 Å². The third-order valence-electron chi connectivity index (χ3n) is 6.03. The molecule has 3 heterocycles. The first-order chi connectivity index (χ1) is 14.1. The topological polar surface area (TPSA) is 52.8 Å². The van der Waals surface area contributed by atoms with E-state index in [0.29, 0.717) is 35.6 Å². The summed E-state index contributed by atoms with van der Waals surface area (Å²) in [6.45, 7) is 5.92. The van der Waals surface area contributed by atoms with Crippen LogP contribution in [0, 0.1) is 0 Å². The molecular formula is C22H29ClN4O2. The van der Waals surface area contributed by atoms with Crippen LogP contribution in [-0.4, -0.2) is 77.9 Å². The number of rotatable bonds is 5. The fourth-order valence-electron chi connectivity index (χ4n) is 4.36. The van der Waals surface area contributed by atoms with Crippen LogP contribution in [0.1, 0.15) is 25.2 Å².